The summed E-state index contributed by atoms with van der Waals surface area (Å²) in [5.41, 5.74) is 5.13. The van der Waals surface area contributed by atoms with E-state index in [1.807, 2.05) is 0 Å². The van der Waals surface area contributed by atoms with Gasteiger partial charge in [0.1, 0.15) is 12.3 Å². The Hall–Kier alpha value is -1.82. The minimum Gasteiger partial charge on any atom is -0.461 e. The summed E-state index contributed by atoms with van der Waals surface area (Å²) in [6.45, 7) is 0.0541. The van der Waals surface area contributed by atoms with Crippen molar-refractivity contribution in [3.63, 3.8) is 0 Å². The van der Waals surface area contributed by atoms with Crippen molar-refractivity contribution in [3.8, 4) is 0 Å². The van der Waals surface area contributed by atoms with Crippen molar-refractivity contribution >= 4 is 28.9 Å². The molecule has 16 heavy (non-hydrogen) atoms. The maximum atomic E-state index is 11.3. The van der Waals surface area contributed by atoms with Crippen LogP contribution in [0.3, 0.4) is 0 Å². The Morgan fingerprint density at radius 3 is 2.81 bits per heavy atom. The number of rotatable bonds is 4. The van der Waals surface area contributed by atoms with Gasteiger partial charge in [-0.05, 0) is 12.1 Å². The van der Waals surface area contributed by atoms with Crippen LogP contribution >= 0.6 is 11.6 Å². The van der Waals surface area contributed by atoms with Gasteiger partial charge in [0.2, 0.25) is 0 Å². The normalized spacial score (nSPS) is 9.81. The van der Waals surface area contributed by atoms with Gasteiger partial charge in [0, 0.05) is 6.07 Å². The number of esters is 1. The van der Waals surface area contributed by atoms with Crippen LogP contribution in [0.15, 0.2) is 18.2 Å². The van der Waals surface area contributed by atoms with Gasteiger partial charge in [-0.3, -0.25) is 10.1 Å². The van der Waals surface area contributed by atoms with Crippen molar-refractivity contribution in [1.82, 2.24) is 0 Å². The van der Waals surface area contributed by atoms with Crippen molar-refractivity contribution in [2.75, 3.05) is 18.2 Å². The maximum absolute atomic E-state index is 11.3. The molecule has 0 radical (unpaired) electrons. The van der Waals surface area contributed by atoms with Crippen LogP contribution in [0.5, 0.6) is 0 Å². The second-order valence-corrected chi connectivity index (χ2v) is 3.23. The summed E-state index contributed by atoms with van der Waals surface area (Å²) in [5.74, 6) is -0.494. The standard InChI is InChI=1S/C9H9ClN2O4/c10-3-4-16-9(13)6-1-2-7(11)8(5-6)12(14)15/h1-2,5H,3-4,11H2. The number of hydrogen-bond donors (Lipinski definition) is 1. The molecule has 2 N–H and O–H groups in total. The highest BCUT2D eigenvalue weighted by Crippen LogP contribution is 2.22. The maximum Gasteiger partial charge on any atom is 0.338 e. The SMILES string of the molecule is Nc1ccc(C(=O)OCCCl)cc1[N+](=O)[O-]. The van der Waals surface area contributed by atoms with E-state index in [4.69, 9.17) is 22.1 Å². The van der Waals surface area contributed by atoms with Crippen LogP contribution in [0.2, 0.25) is 0 Å². The predicted octanol–water partition coefficient (Wildman–Crippen LogP) is 1.57. The van der Waals surface area contributed by atoms with Crippen molar-refractivity contribution in [2.45, 2.75) is 0 Å². The number of nitrogens with two attached hydrogens (primary N) is 1. The number of halogens is 1. The molecular formula is C9H9ClN2O4. The van der Waals surface area contributed by atoms with Crippen LogP contribution in [-0.4, -0.2) is 23.4 Å². The fourth-order valence-electron chi connectivity index (χ4n) is 1.04. The number of hydrogen-bond acceptors (Lipinski definition) is 5. The molecule has 7 heteroatoms. The molecule has 1 aromatic rings. The van der Waals surface area contributed by atoms with Gasteiger partial charge >= 0.3 is 5.97 Å². The highest BCUT2D eigenvalue weighted by atomic mass is 35.5. The topological polar surface area (TPSA) is 95.5 Å². The van der Waals surface area contributed by atoms with E-state index in [0.717, 1.165) is 6.07 Å². The Bertz CT molecular complexity index is 422. The van der Waals surface area contributed by atoms with Gasteiger partial charge in [0.25, 0.3) is 5.69 Å². The number of nitrogen functional groups attached to an aromatic ring is 1. The van der Waals surface area contributed by atoms with Crippen LogP contribution in [-0.2, 0) is 4.74 Å². The first-order valence-corrected chi connectivity index (χ1v) is 4.86. The largest absolute Gasteiger partial charge is 0.461 e. The van der Waals surface area contributed by atoms with E-state index in [1.54, 1.807) is 0 Å². The quantitative estimate of drug-likeness (QED) is 0.285. The van der Waals surface area contributed by atoms with Crippen molar-refractivity contribution in [3.05, 3.63) is 33.9 Å². The number of ether oxygens (including phenoxy) is 1. The summed E-state index contributed by atoms with van der Waals surface area (Å²) in [7, 11) is 0. The third-order valence-corrected chi connectivity index (χ3v) is 1.93. The summed E-state index contributed by atoms with van der Waals surface area (Å²) in [6, 6.07) is 3.72. The van der Waals surface area contributed by atoms with E-state index in [-0.39, 0.29) is 29.4 Å². The third-order valence-electron chi connectivity index (χ3n) is 1.77. The monoisotopic (exact) mass is 244 g/mol. The lowest BCUT2D eigenvalue weighted by Gasteiger charge is -2.03. The Morgan fingerprint density at radius 1 is 1.56 bits per heavy atom. The molecule has 1 rings (SSSR count). The molecule has 0 atom stereocenters. The predicted molar refractivity (Wildman–Crippen MR) is 58.5 cm³/mol. The van der Waals surface area contributed by atoms with Crippen LogP contribution in [0.25, 0.3) is 0 Å². The van der Waals surface area contributed by atoms with Crippen molar-refractivity contribution in [2.24, 2.45) is 0 Å². The first-order valence-electron chi connectivity index (χ1n) is 4.33. The molecule has 86 valence electrons. The fraction of sp³-hybridized carbons (Fsp3) is 0.222. The smallest absolute Gasteiger partial charge is 0.338 e. The molecule has 0 aliphatic carbocycles. The summed E-state index contributed by atoms with van der Waals surface area (Å²) in [4.78, 5) is 21.2. The Kier molecular flexibility index (Phi) is 4.07. The van der Waals surface area contributed by atoms with E-state index < -0.39 is 10.9 Å². The van der Waals surface area contributed by atoms with Crippen LogP contribution in [0.1, 0.15) is 10.4 Å². The number of nitro groups is 1. The van der Waals surface area contributed by atoms with E-state index in [9.17, 15) is 14.9 Å². The van der Waals surface area contributed by atoms with Crippen LogP contribution < -0.4 is 5.73 Å². The number of carbonyl (C=O) groups is 1. The number of nitrogens with zero attached hydrogens (tertiary/aromatic N) is 1. The molecule has 0 spiro atoms. The number of carbonyl (C=O) groups excluding carboxylic acids is 1. The lowest BCUT2D eigenvalue weighted by molar-refractivity contribution is -0.383. The molecule has 0 amide bonds. The molecule has 0 fully saturated rings. The lowest BCUT2D eigenvalue weighted by atomic mass is 10.2. The second-order valence-electron chi connectivity index (χ2n) is 2.86. The number of alkyl halides is 1. The molecule has 0 unspecified atom stereocenters. The zero-order valence-corrected chi connectivity index (χ0v) is 8.94. The zero-order valence-electron chi connectivity index (χ0n) is 8.18. The molecule has 0 bridgehead atoms. The molecule has 0 heterocycles. The summed E-state index contributed by atoms with van der Waals surface area (Å²) >= 11 is 5.33. The van der Waals surface area contributed by atoms with Crippen LogP contribution in [0.4, 0.5) is 11.4 Å². The Labute approximate surface area is 96.1 Å². The first-order chi connectivity index (χ1) is 7.56. The van der Waals surface area contributed by atoms with Gasteiger partial charge in [-0.2, -0.15) is 0 Å². The highest BCUT2D eigenvalue weighted by Gasteiger charge is 2.16. The summed E-state index contributed by atoms with van der Waals surface area (Å²) in [6.07, 6.45) is 0. The lowest BCUT2D eigenvalue weighted by Crippen LogP contribution is -2.08. The number of anilines is 1. The first kappa shape index (κ1) is 12.3. The molecule has 0 aliphatic rings. The number of nitro benzene ring substituents is 1. The highest BCUT2D eigenvalue weighted by molar-refractivity contribution is 6.18. The van der Waals surface area contributed by atoms with E-state index in [1.165, 1.54) is 12.1 Å². The molecule has 0 aromatic heterocycles. The summed E-state index contributed by atoms with van der Waals surface area (Å²) < 4.78 is 4.72. The second kappa shape index (κ2) is 5.32. The van der Waals surface area contributed by atoms with Gasteiger partial charge < -0.3 is 10.5 Å². The van der Waals surface area contributed by atoms with E-state index in [2.05, 4.69) is 0 Å². The molecule has 0 saturated carbocycles. The van der Waals surface area contributed by atoms with Gasteiger partial charge in [0.05, 0.1) is 16.4 Å². The Balaban J connectivity index is 2.94. The third kappa shape index (κ3) is 2.83. The average molecular weight is 245 g/mol. The van der Waals surface area contributed by atoms with Crippen LogP contribution in [0, 0.1) is 10.1 Å². The zero-order chi connectivity index (χ0) is 12.1. The van der Waals surface area contributed by atoms with Gasteiger partial charge in [-0.1, -0.05) is 0 Å². The minimum absolute atomic E-state index is 0.00102. The Morgan fingerprint density at radius 2 is 2.25 bits per heavy atom. The molecular weight excluding hydrogens is 236 g/mol. The van der Waals surface area contributed by atoms with E-state index in [0.29, 0.717) is 0 Å². The average Bonchev–Trinajstić information content (AvgIpc) is 2.26. The van der Waals surface area contributed by atoms with Crippen molar-refractivity contribution < 1.29 is 14.5 Å². The molecule has 0 saturated heterocycles. The van der Waals surface area contributed by atoms with Gasteiger partial charge in [-0.15, -0.1) is 11.6 Å². The van der Waals surface area contributed by atoms with E-state index >= 15 is 0 Å². The molecule has 0 aliphatic heterocycles. The summed E-state index contributed by atoms with van der Waals surface area (Å²) in [5, 5.41) is 10.6. The van der Waals surface area contributed by atoms with Gasteiger partial charge in [0.15, 0.2) is 0 Å². The molecule has 1 aromatic carbocycles. The fourth-order valence-corrected chi connectivity index (χ4v) is 1.12. The van der Waals surface area contributed by atoms with Gasteiger partial charge in [-0.25, -0.2) is 4.79 Å². The number of benzene rings is 1. The minimum atomic E-state index is -0.663. The molecule has 6 nitrogen and oxygen atoms in total. The van der Waals surface area contributed by atoms with Crippen molar-refractivity contribution in [1.29, 1.82) is 0 Å².